The molecule has 1 N–H and O–H groups in total. The molecule has 1 aromatic heterocycles. The van der Waals surface area contributed by atoms with E-state index >= 15 is 0 Å². The van der Waals surface area contributed by atoms with Gasteiger partial charge in [0.2, 0.25) is 5.91 Å². The third kappa shape index (κ3) is 4.56. The predicted molar refractivity (Wildman–Crippen MR) is 59.4 cm³/mol. The fraction of sp³-hybridized carbons (Fsp3) is 0.300. The van der Waals surface area contributed by atoms with E-state index in [0.29, 0.717) is 11.7 Å². The highest BCUT2D eigenvalue weighted by Crippen LogP contribution is 2.11. The van der Waals surface area contributed by atoms with Gasteiger partial charge in [-0.1, -0.05) is 23.8 Å². The van der Waals surface area contributed by atoms with Gasteiger partial charge in [0, 0.05) is 25.2 Å². The first-order chi connectivity index (χ1) is 7.20. The first-order valence-corrected chi connectivity index (χ1v) is 4.94. The fourth-order valence-electron chi connectivity index (χ4n) is 0.979. The molecule has 5 heteroatoms. The van der Waals surface area contributed by atoms with Gasteiger partial charge in [-0.3, -0.25) is 4.79 Å². The van der Waals surface area contributed by atoms with Crippen molar-refractivity contribution in [3.63, 3.8) is 0 Å². The van der Waals surface area contributed by atoms with Crippen molar-refractivity contribution >= 4 is 23.6 Å². The molecular weight excluding hydrogens is 214 g/mol. The first-order valence-electron chi connectivity index (χ1n) is 4.56. The molecule has 0 saturated heterocycles. The Morgan fingerprint density at radius 2 is 2.47 bits per heavy atom. The lowest BCUT2D eigenvalue weighted by molar-refractivity contribution is -0.118. The van der Waals surface area contributed by atoms with Crippen LogP contribution in [0, 0.1) is 0 Å². The number of amides is 1. The van der Waals surface area contributed by atoms with Crippen LogP contribution in [0.4, 0.5) is 0 Å². The Morgan fingerprint density at radius 1 is 1.67 bits per heavy atom. The summed E-state index contributed by atoms with van der Waals surface area (Å²) in [5, 5.41) is 3.12. The van der Waals surface area contributed by atoms with Crippen molar-refractivity contribution in [2.45, 2.75) is 13.3 Å². The van der Waals surface area contributed by atoms with Gasteiger partial charge in [0.05, 0.1) is 0 Å². The fourth-order valence-corrected chi connectivity index (χ4v) is 1.13. The Kier molecular flexibility index (Phi) is 4.77. The molecule has 1 rings (SSSR count). The molecule has 0 atom stereocenters. The summed E-state index contributed by atoms with van der Waals surface area (Å²) in [6.07, 6.45) is 7.55. The third-order valence-electron chi connectivity index (χ3n) is 1.67. The minimum absolute atomic E-state index is 0.0236. The van der Waals surface area contributed by atoms with Crippen LogP contribution in [0.25, 0.3) is 6.08 Å². The lowest BCUT2D eigenvalue weighted by Gasteiger charge is -1.97. The molecule has 15 heavy (non-hydrogen) atoms. The van der Waals surface area contributed by atoms with E-state index in [1.54, 1.807) is 6.20 Å². The normalized spacial score (nSPS) is 10.5. The third-order valence-corrected chi connectivity index (χ3v) is 1.99. The largest absolute Gasteiger partial charge is 0.356 e. The number of nitrogens with zero attached hydrogens (tertiary/aromatic N) is 2. The molecule has 0 aromatic carbocycles. The van der Waals surface area contributed by atoms with Gasteiger partial charge in [0.25, 0.3) is 0 Å². The standard InChI is InChI=1S/C10H12ClN3O/c1-8(15)13-5-3-2-4-9-6-12-7-14-10(9)11/h2,4,6-7H,3,5H2,1H3,(H,13,15). The van der Waals surface area contributed by atoms with Gasteiger partial charge in [0.1, 0.15) is 11.5 Å². The summed E-state index contributed by atoms with van der Waals surface area (Å²) < 4.78 is 0. The molecule has 0 unspecified atom stereocenters. The zero-order chi connectivity index (χ0) is 11.1. The monoisotopic (exact) mass is 225 g/mol. The quantitative estimate of drug-likeness (QED) is 0.627. The van der Waals surface area contributed by atoms with Crippen LogP contribution in [0.5, 0.6) is 0 Å². The average Bonchev–Trinajstić information content (AvgIpc) is 2.20. The number of nitrogens with one attached hydrogen (secondary N) is 1. The van der Waals surface area contributed by atoms with Gasteiger partial charge in [0.15, 0.2) is 0 Å². The van der Waals surface area contributed by atoms with Gasteiger partial charge in [-0.15, -0.1) is 0 Å². The van der Waals surface area contributed by atoms with Crippen LogP contribution in [-0.4, -0.2) is 22.4 Å². The summed E-state index contributed by atoms with van der Waals surface area (Å²) >= 11 is 5.82. The number of carbonyl (C=O) groups is 1. The van der Waals surface area contributed by atoms with Crippen molar-refractivity contribution in [2.75, 3.05) is 6.54 Å². The molecule has 1 amide bonds. The maximum absolute atomic E-state index is 10.6. The topological polar surface area (TPSA) is 54.9 Å². The van der Waals surface area contributed by atoms with Crippen molar-refractivity contribution in [3.8, 4) is 0 Å². The Labute approximate surface area is 93.4 Å². The SMILES string of the molecule is CC(=O)NCCC=Cc1cncnc1Cl. The van der Waals surface area contributed by atoms with E-state index in [1.807, 2.05) is 12.2 Å². The molecular formula is C10H12ClN3O. The number of hydrogen-bond acceptors (Lipinski definition) is 3. The van der Waals surface area contributed by atoms with E-state index in [1.165, 1.54) is 13.3 Å². The average molecular weight is 226 g/mol. The summed E-state index contributed by atoms with van der Waals surface area (Å²) in [5.74, 6) is -0.0236. The lowest BCUT2D eigenvalue weighted by atomic mass is 10.3. The Bertz CT molecular complexity index is 365. The summed E-state index contributed by atoms with van der Waals surface area (Å²) in [5.41, 5.74) is 0.780. The van der Waals surface area contributed by atoms with Crippen molar-refractivity contribution in [1.82, 2.24) is 15.3 Å². The summed E-state index contributed by atoms with van der Waals surface area (Å²) in [7, 11) is 0. The summed E-state index contributed by atoms with van der Waals surface area (Å²) in [6, 6.07) is 0. The molecule has 0 spiro atoms. The number of aromatic nitrogens is 2. The van der Waals surface area contributed by atoms with Crippen LogP contribution < -0.4 is 5.32 Å². The van der Waals surface area contributed by atoms with Crippen molar-refractivity contribution in [1.29, 1.82) is 0 Å². The van der Waals surface area contributed by atoms with E-state index in [4.69, 9.17) is 11.6 Å². The number of halogens is 1. The molecule has 0 aliphatic rings. The molecule has 0 aliphatic carbocycles. The first kappa shape index (κ1) is 11.7. The van der Waals surface area contributed by atoms with Gasteiger partial charge < -0.3 is 5.32 Å². The van der Waals surface area contributed by atoms with Crippen LogP contribution in [-0.2, 0) is 4.79 Å². The smallest absolute Gasteiger partial charge is 0.216 e. The minimum atomic E-state index is -0.0236. The Balaban J connectivity index is 2.38. The van der Waals surface area contributed by atoms with Crippen LogP contribution in [0.15, 0.2) is 18.6 Å². The molecule has 0 aliphatic heterocycles. The Morgan fingerprint density at radius 3 is 3.13 bits per heavy atom. The second-order valence-corrected chi connectivity index (χ2v) is 3.30. The number of carbonyl (C=O) groups excluding carboxylic acids is 1. The molecule has 4 nitrogen and oxygen atoms in total. The van der Waals surface area contributed by atoms with Gasteiger partial charge >= 0.3 is 0 Å². The molecule has 0 bridgehead atoms. The number of rotatable bonds is 4. The van der Waals surface area contributed by atoms with Crippen LogP contribution in [0.3, 0.4) is 0 Å². The van der Waals surface area contributed by atoms with Gasteiger partial charge in [-0.05, 0) is 6.42 Å². The van der Waals surface area contributed by atoms with Gasteiger partial charge in [-0.2, -0.15) is 0 Å². The highest BCUT2D eigenvalue weighted by atomic mass is 35.5. The van der Waals surface area contributed by atoms with Crippen molar-refractivity contribution in [2.24, 2.45) is 0 Å². The highest BCUT2D eigenvalue weighted by molar-refractivity contribution is 6.30. The van der Waals surface area contributed by atoms with Crippen LogP contribution in [0.2, 0.25) is 5.15 Å². The summed E-state index contributed by atoms with van der Waals surface area (Å²) in [4.78, 5) is 18.3. The second kappa shape index (κ2) is 6.14. The molecule has 80 valence electrons. The van der Waals surface area contributed by atoms with E-state index in [9.17, 15) is 4.79 Å². The summed E-state index contributed by atoms with van der Waals surface area (Å²) in [6.45, 7) is 2.11. The van der Waals surface area contributed by atoms with E-state index in [-0.39, 0.29) is 5.91 Å². The van der Waals surface area contributed by atoms with Crippen molar-refractivity contribution in [3.05, 3.63) is 29.3 Å². The van der Waals surface area contributed by atoms with E-state index in [2.05, 4.69) is 15.3 Å². The predicted octanol–water partition coefficient (Wildman–Crippen LogP) is 1.67. The van der Waals surface area contributed by atoms with Crippen LogP contribution >= 0.6 is 11.6 Å². The van der Waals surface area contributed by atoms with E-state index < -0.39 is 0 Å². The zero-order valence-electron chi connectivity index (χ0n) is 8.40. The zero-order valence-corrected chi connectivity index (χ0v) is 9.16. The maximum atomic E-state index is 10.6. The molecule has 0 fully saturated rings. The second-order valence-electron chi connectivity index (χ2n) is 2.94. The number of hydrogen-bond donors (Lipinski definition) is 1. The Hall–Kier alpha value is -1.42. The van der Waals surface area contributed by atoms with Crippen LogP contribution in [0.1, 0.15) is 18.9 Å². The van der Waals surface area contributed by atoms with Crippen molar-refractivity contribution < 1.29 is 4.79 Å². The highest BCUT2D eigenvalue weighted by Gasteiger charge is 1.95. The molecule has 1 heterocycles. The minimum Gasteiger partial charge on any atom is -0.356 e. The molecule has 0 radical (unpaired) electrons. The van der Waals surface area contributed by atoms with E-state index in [0.717, 1.165) is 12.0 Å². The maximum Gasteiger partial charge on any atom is 0.216 e. The molecule has 0 saturated carbocycles. The lowest BCUT2D eigenvalue weighted by Crippen LogP contribution is -2.20. The van der Waals surface area contributed by atoms with Gasteiger partial charge in [-0.25, -0.2) is 9.97 Å². The molecule has 1 aromatic rings.